The first-order valence-corrected chi connectivity index (χ1v) is 9.32. The van der Waals surface area contributed by atoms with Crippen molar-refractivity contribution in [2.45, 2.75) is 59.3 Å². The van der Waals surface area contributed by atoms with Crippen molar-refractivity contribution < 1.29 is 24.2 Å². The van der Waals surface area contributed by atoms with Crippen molar-refractivity contribution in [2.24, 2.45) is 0 Å². The number of carboxylic acid groups (broad SMARTS) is 1. The van der Waals surface area contributed by atoms with Crippen LogP contribution in [0.5, 0.6) is 5.75 Å². The monoisotopic (exact) mass is 388 g/mol. The first kappa shape index (κ1) is 23.1. The van der Waals surface area contributed by atoms with Gasteiger partial charge in [-0.15, -0.1) is 0 Å². The number of aromatic hydroxyl groups is 1. The second-order valence-electron chi connectivity index (χ2n) is 6.86. The molecule has 0 aliphatic heterocycles. The summed E-state index contributed by atoms with van der Waals surface area (Å²) in [5, 5.41) is 18.8. The SMILES string of the molecule is CCC/C(C)=C/C=C(\C)C(=O)c1c(O)cc(C(C)CC/C=C/C(=O)O)oc1=O. The summed E-state index contributed by atoms with van der Waals surface area (Å²) in [6.45, 7) is 7.40. The first-order chi connectivity index (χ1) is 13.2. The zero-order valence-corrected chi connectivity index (χ0v) is 16.8. The van der Waals surface area contributed by atoms with Crippen LogP contribution in [0.1, 0.15) is 75.4 Å². The van der Waals surface area contributed by atoms with Crippen LogP contribution in [0.15, 0.2) is 50.7 Å². The van der Waals surface area contributed by atoms with Gasteiger partial charge >= 0.3 is 11.6 Å². The molecule has 1 aromatic heterocycles. The number of aliphatic carboxylic acids is 1. The van der Waals surface area contributed by atoms with E-state index in [4.69, 9.17) is 9.52 Å². The van der Waals surface area contributed by atoms with Crippen molar-refractivity contribution in [3.8, 4) is 5.75 Å². The molecule has 1 unspecified atom stereocenters. The Morgan fingerprint density at radius 2 is 1.93 bits per heavy atom. The summed E-state index contributed by atoms with van der Waals surface area (Å²) >= 11 is 0. The summed E-state index contributed by atoms with van der Waals surface area (Å²) in [6.07, 6.45) is 8.95. The van der Waals surface area contributed by atoms with Gasteiger partial charge in [0.1, 0.15) is 17.1 Å². The topological polar surface area (TPSA) is 105 Å². The van der Waals surface area contributed by atoms with Gasteiger partial charge in [-0.3, -0.25) is 4.79 Å². The van der Waals surface area contributed by atoms with Crippen molar-refractivity contribution in [1.82, 2.24) is 0 Å². The van der Waals surface area contributed by atoms with Gasteiger partial charge in [0.2, 0.25) is 0 Å². The predicted octanol–water partition coefficient (Wildman–Crippen LogP) is 4.75. The van der Waals surface area contributed by atoms with E-state index in [0.29, 0.717) is 18.4 Å². The third-order valence-electron chi connectivity index (χ3n) is 4.31. The molecule has 1 rings (SSSR count). The fraction of sp³-hybridized carbons (Fsp3) is 0.409. The molecule has 152 valence electrons. The van der Waals surface area contributed by atoms with Gasteiger partial charge in [0.05, 0.1) is 0 Å². The summed E-state index contributed by atoms with van der Waals surface area (Å²) in [7, 11) is 0. The van der Waals surface area contributed by atoms with E-state index in [0.717, 1.165) is 24.5 Å². The van der Waals surface area contributed by atoms with Crippen molar-refractivity contribution in [2.75, 3.05) is 0 Å². The van der Waals surface area contributed by atoms with E-state index in [1.807, 2.05) is 13.0 Å². The van der Waals surface area contributed by atoms with Gasteiger partial charge in [-0.25, -0.2) is 9.59 Å². The molecular formula is C22H28O6. The Morgan fingerprint density at radius 1 is 1.25 bits per heavy atom. The Kier molecular flexibility index (Phi) is 9.15. The summed E-state index contributed by atoms with van der Waals surface area (Å²) < 4.78 is 5.25. The fourth-order valence-electron chi connectivity index (χ4n) is 2.64. The number of carbonyl (C=O) groups excluding carboxylic acids is 1. The molecule has 1 aromatic rings. The van der Waals surface area contributed by atoms with Crippen molar-refractivity contribution in [1.29, 1.82) is 0 Å². The fourth-order valence-corrected chi connectivity index (χ4v) is 2.64. The van der Waals surface area contributed by atoms with Crippen molar-refractivity contribution in [3.63, 3.8) is 0 Å². The molecule has 6 nitrogen and oxygen atoms in total. The standard InChI is InChI=1S/C22H28O6/c1-5-8-14(2)11-12-16(4)21(26)20-17(23)13-18(28-22(20)27)15(3)9-6-7-10-19(24)25/h7,10-13,15,23H,5-6,8-9H2,1-4H3,(H,24,25)/b10-7+,14-11+,16-12+. The minimum Gasteiger partial charge on any atom is -0.507 e. The average Bonchev–Trinajstić information content (AvgIpc) is 2.62. The highest BCUT2D eigenvalue weighted by molar-refractivity contribution is 6.09. The number of rotatable bonds is 10. The zero-order valence-electron chi connectivity index (χ0n) is 16.8. The molecule has 0 saturated carbocycles. The van der Waals surface area contributed by atoms with Gasteiger partial charge in [0.25, 0.3) is 0 Å². The Balaban J connectivity index is 3.01. The van der Waals surface area contributed by atoms with E-state index >= 15 is 0 Å². The van der Waals surface area contributed by atoms with Gasteiger partial charge in [-0.05, 0) is 38.7 Å². The largest absolute Gasteiger partial charge is 0.507 e. The Bertz CT molecular complexity index is 854. The quantitative estimate of drug-likeness (QED) is 0.341. The molecule has 6 heteroatoms. The van der Waals surface area contributed by atoms with Crippen LogP contribution in [0, 0.1) is 0 Å². The molecule has 0 aliphatic rings. The number of allylic oxidation sites excluding steroid dienone is 5. The lowest BCUT2D eigenvalue weighted by Gasteiger charge is -2.10. The first-order valence-electron chi connectivity index (χ1n) is 9.32. The molecule has 2 N–H and O–H groups in total. The number of ketones is 1. The van der Waals surface area contributed by atoms with Gasteiger partial charge in [-0.1, -0.05) is 44.1 Å². The molecule has 1 heterocycles. The highest BCUT2D eigenvalue weighted by atomic mass is 16.4. The molecular weight excluding hydrogens is 360 g/mol. The van der Waals surface area contributed by atoms with Crippen LogP contribution >= 0.6 is 0 Å². The number of carboxylic acids is 1. The zero-order chi connectivity index (χ0) is 21.3. The van der Waals surface area contributed by atoms with Crippen molar-refractivity contribution >= 4 is 11.8 Å². The highest BCUT2D eigenvalue weighted by Gasteiger charge is 2.21. The van der Waals surface area contributed by atoms with Crippen LogP contribution in [-0.2, 0) is 4.79 Å². The molecule has 0 aromatic carbocycles. The minimum atomic E-state index is -1.03. The Hall–Kier alpha value is -2.89. The normalized spacial score (nSPS) is 13.7. The van der Waals surface area contributed by atoms with Crippen LogP contribution in [0.25, 0.3) is 0 Å². The highest BCUT2D eigenvalue weighted by Crippen LogP contribution is 2.26. The molecule has 28 heavy (non-hydrogen) atoms. The number of hydrogen-bond acceptors (Lipinski definition) is 5. The van der Waals surface area contributed by atoms with Crippen molar-refractivity contribution in [3.05, 3.63) is 63.3 Å². The van der Waals surface area contributed by atoms with Gasteiger partial charge < -0.3 is 14.6 Å². The molecule has 0 saturated heterocycles. The molecule has 0 radical (unpaired) electrons. The second-order valence-corrected chi connectivity index (χ2v) is 6.86. The number of carbonyl (C=O) groups is 2. The van der Waals surface area contributed by atoms with E-state index in [9.17, 15) is 19.5 Å². The third kappa shape index (κ3) is 7.02. The summed E-state index contributed by atoms with van der Waals surface area (Å²) in [6, 6.07) is 1.28. The van der Waals surface area contributed by atoms with E-state index in [2.05, 4.69) is 6.92 Å². The van der Waals surface area contributed by atoms with Crippen LogP contribution in [0.4, 0.5) is 0 Å². The second kappa shape index (κ2) is 11.1. The van der Waals surface area contributed by atoms with Gasteiger partial charge in [-0.2, -0.15) is 0 Å². The number of Topliss-reactive ketones (excluding diaryl/α,β-unsaturated/α-hetero) is 1. The van der Waals surface area contributed by atoms with E-state index < -0.39 is 23.1 Å². The van der Waals surface area contributed by atoms with E-state index in [1.54, 1.807) is 19.9 Å². The number of hydrogen-bond donors (Lipinski definition) is 2. The van der Waals surface area contributed by atoms with Gasteiger partial charge in [0.15, 0.2) is 5.78 Å². The van der Waals surface area contributed by atoms with E-state index in [1.165, 1.54) is 12.1 Å². The van der Waals surface area contributed by atoms with Crippen LogP contribution < -0.4 is 5.63 Å². The predicted molar refractivity (Wildman–Crippen MR) is 108 cm³/mol. The summed E-state index contributed by atoms with van der Waals surface area (Å²) in [4.78, 5) is 35.3. The maximum absolute atomic E-state index is 12.5. The lowest BCUT2D eigenvalue weighted by atomic mass is 9.99. The maximum atomic E-state index is 12.5. The molecule has 0 fully saturated rings. The van der Waals surface area contributed by atoms with Gasteiger partial charge in [0, 0.05) is 18.1 Å². The Labute approximate surface area is 164 Å². The summed E-state index contributed by atoms with van der Waals surface area (Å²) in [5.41, 5.74) is 0.191. The van der Waals surface area contributed by atoms with Crippen LogP contribution in [-0.4, -0.2) is 22.0 Å². The molecule has 1 atom stereocenters. The molecule has 0 bridgehead atoms. The molecule has 0 spiro atoms. The van der Waals surface area contributed by atoms with E-state index in [-0.39, 0.29) is 17.2 Å². The summed E-state index contributed by atoms with van der Waals surface area (Å²) in [5.74, 6) is -1.98. The average molecular weight is 388 g/mol. The third-order valence-corrected chi connectivity index (χ3v) is 4.31. The van der Waals surface area contributed by atoms with Crippen LogP contribution in [0.2, 0.25) is 0 Å². The smallest absolute Gasteiger partial charge is 0.351 e. The van der Waals surface area contributed by atoms with Crippen LogP contribution in [0.3, 0.4) is 0 Å². The Morgan fingerprint density at radius 3 is 2.50 bits per heavy atom. The minimum absolute atomic E-state index is 0.225. The lowest BCUT2D eigenvalue weighted by molar-refractivity contribution is -0.131. The molecule has 0 amide bonds. The molecule has 0 aliphatic carbocycles. The lowest BCUT2D eigenvalue weighted by Crippen LogP contribution is -2.16. The maximum Gasteiger partial charge on any atom is 0.351 e.